The summed E-state index contributed by atoms with van der Waals surface area (Å²) in [6, 6.07) is 16.7. The molecule has 1 atom stereocenters. The van der Waals surface area contributed by atoms with Crippen LogP contribution in [0.3, 0.4) is 0 Å². The third-order valence-electron chi connectivity index (χ3n) is 4.16. The van der Waals surface area contributed by atoms with Crippen molar-refractivity contribution in [1.82, 2.24) is 24.5 Å². The summed E-state index contributed by atoms with van der Waals surface area (Å²) in [6.45, 7) is 1.95. The zero-order valence-corrected chi connectivity index (χ0v) is 14.1. The van der Waals surface area contributed by atoms with Gasteiger partial charge in [0, 0.05) is 5.02 Å². The standard InChI is InChI=1S/C18H14ClN5O/c1-12(13-5-3-2-4-6-13)23-11-20-17-16(18(23)25)21-22-24(17)15-9-7-14(19)8-10-15/h2-12H,1H3/t12-/m0/s1. The maximum atomic E-state index is 12.8. The number of nitrogens with zero attached hydrogens (tertiary/aromatic N) is 5. The summed E-state index contributed by atoms with van der Waals surface area (Å²) in [5.74, 6) is 0. The van der Waals surface area contributed by atoms with Crippen molar-refractivity contribution in [2.75, 3.05) is 0 Å². The van der Waals surface area contributed by atoms with Gasteiger partial charge in [0.05, 0.1) is 11.7 Å². The summed E-state index contributed by atoms with van der Waals surface area (Å²) in [5, 5.41) is 8.74. The van der Waals surface area contributed by atoms with Crippen LogP contribution in [0.2, 0.25) is 5.02 Å². The van der Waals surface area contributed by atoms with Crippen molar-refractivity contribution < 1.29 is 0 Å². The minimum absolute atomic E-state index is 0.147. The topological polar surface area (TPSA) is 65.6 Å². The third kappa shape index (κ3) is 2.70. The van der Waals surface area contributed by atoms with Gasteiger partial charge in [-0.3, -0.25) is 9.36 Å². The van der Waals surface area contributed by atoms with Gasteiger partial charge in [0.15, 0.2) is 11.2 Å². The van der Waals surface area contributed by atoms with Gasteiger partial charge < -0.3 is 0 Å². The SMILES string of the molecule is C[C@@H](c1ccccc1)n1cnc2c(nnn2-c2ccc(Cl)cc2)c1=O. The van der Waals surface area contributed by atoms with Crippen LogP contribution in [0, 0.1) is 0 Å². The van der Waals surface area contributed by atoms with Gasteiger partial charge in [-0.25, -0.2) is 4.98 Å². The minimum Gasteiger partial charge on any atom is -0.290 e. The first-order chi connectivity index (χ1) is 12.1. The van der Waals surface area contributed by atoms with Crippen LogP contribution < -0.4 is 5.56 Å². The molecule has 124 valence electrons. The zero-order valence-electron chi connectivity index (χ0n) is 13.4. The fraction of sp³-hybridized carbons (Fsp3) is 0.111. The first-order valence-electron chi connectivity index (χ1n) is 7.78. The molecule has 0 N–H and O–H groups in total. The Morgan fingerprint density at radius 1 is 1.04 bits per heavy atom. The smallest absolute Gasteiger partial charge is 0.284 e. The highest BCUT2D eigenvalue weighted by Crippen LogP contribution is 2.18. The molecule has 0 aliphatic rings. The number of halogens is 1. The van der Waals surface area contributed by atoms with Crippen LogP contribution in [-0.4, -0.2) is 24.5 Å². The molecule has 0 fully saturated rings. The second-order valence-electron chi connectivity index (χ2n) is 5.69. The van der Waals surface area contributed by atoms with Crippen molar-refractivity contribution in [3.05, 3.63) is 81.9 Å². The molecular formula is C18H14ClN5O. The molecule has 2 heterocycles. The van der Waals surface area contributed by atoms with Gasteiger partial charge in [-0.05, 0) is 36.8 Å². The van der Waals surface area contributed by atoms with E-state index in [0.717, 1.165) is 11.3 Å². The molecule has 0 aliphatic heterocycles. The van der Waals surface area contributed by atoms with Crippen LogP contribution in [0.5, 0.6) is 0 Å². The Labute approximate surface area is 148 Å². The number of aromatic nitrogens is 5. The molecule has 0 bridgehead atoms. The number of fused-ring (bicyclic) bond motifs is 1. The summed E-state index contributed by atoms with van der Waals surface area (Å²) in [7, 11) is 0. The zero-order chi connectivity index (χ0) is 17.4. The van der Waals surface area contributed by atoms with Crippen molar-refractivity contribution in [2.24, 2.45) is 0 Å². The van der Waals surface area contributed by atoms with Crippen LogP contribution in [-0.2, 0) is 0 Å². The van der Waals surface area contributed by atoms with Crippen LogP contribution in [0.1, 0.15) is 18.5 Å². The third-order valence-corrected chi connectivity index (χ3v) is 4.41. The molecule has 0 radical (unpaired) electrons. The van der Waals surface area contributed by atoms with Gasteiger partial charge in [-0.15, -0.1) is 5.10 Å². The van der Waals surface area contributed by atoms with Crippen LogP contribution in [0.4, 0.5) is 0 Å². The van der Waals surface area contributed by atoms with Gasteiger partial charge in [-0.2, -0.15) is 4.68 Å². The van der Waals surface area contributed by atoms with E-state index in [-0.39, 0.29) is 17.1 Å². The molecule has 0 aliphatic carbocycles. The molecule has 0 unspecified atom stereocenters. The van der Waals surface area contributed by atoms with E-state index in [0.29, 0.717) is 10.7 Å². The molecular weight excluding hydrogens is 338 g/mol. The monoisotopic (exact) mass is 351 g/mol. The molecule has 4 rings (SSSR count). The lowest BCUT2D eigenvalue weighted by molar-refractivity contribution is 0.607. The quantitative estimate of drug-likeness (QED) is 0.568. The molecule has 4 aromatic rings. The highest BCUT2D eigenvalue weighted by Gasteiger charge is 2.16. The van der Waals surface area contributed by atoms with Gasteiger partial charge in [0.25, 0.3) is 5.56 Å². The summed E-state index contributed by atoms with van der Waals surface area (Å²) in [5.41, 5.74) is 2.20. The Balaban J connectivity index is 1.82. The predicted octanol–water partition coefficient (Wildman–Crippen LogP) is 3.24. The Morgan fingerprint density at radius 2 is 1.76 bits per heavy atom. The second kappa shape index (κ2) is 6.14. The van der Waals surface area contributed by atoms with E-state index in [1.165, 1.54) is 11.0 Å². The maximum absolute atomic E-state index is 12.8. The number of hydrogen-bond donors (Lipinski definition) is 0. The molecule has 6 nitrogen and oxygen atoms in total. The van der Waals surface area contributed by atoms with Crippen LogP contribution in [0.25, 0.3) is 16.9 Å². The number of rotatable bonds is 3. The van der Waals surface area contributed by atoms with Crippen molar-refractivity contribution in [3.8, 4) is 5.69 Å². The summed E-state index contributed by atoms with van der Waals surface area (Å²) >= 11 is 5.92. The number of hydrogen-bond acceptors (Lipinski definition) is 4. The normalized spacial score (nSPS) is 12.4. The molecule has 25 heavy (non-hydrogen) atoms. The lowest BCUT2D eigenvalue weighted by Gasteiger charge is -2.14. The minimum atomic E-state index is -0.221. The molecule has 0 spiro atoms. The summed E-state index contributed by atoms with van der Waals surface area (Å²) in [6.07, 6.45) is 1.54. The van der Waals surface area contributed by atoms with Gasteiger partial charge >= 0.3 is 0 Å². The van der Waals surface area contributed by atoms with Gasteiger partial charge in [0.1, 0.15) is 6.33 Å². The van der Waals surface area contributed by atoms with E-state index in [4.69, 9.17) is 11.6 Å². The maximum Gasteiger partial charge on any atom is 0.284 e. The fourth-order valence-corrected chi connectivity index (χ4v) is 2.87. The molecule has 0 saturated carbocycles. The molecule has 0 saturated heterocycles. The molecule has 0 amide bonds. The van der Waals surface area contributed by atoms with E-state index < -0.39 is 0 Å². The largest absolute Gasteiger partial charge is 0.290 e. The van der Waals surface area contributed by atoms with Crippen molar-refractivity contribution >= 4 is 22.8 Å². The second-order valence-corrected chi connectivity index (χ2v) is 6.13. The molecule has 2 aromatic carbocycles. The first kappa shape index (κ1) is 15.5. The van der Waals surface area contributed by atoms with Gasteiger partial charge in [0.2, 0.25) is 0 Å². The predicted molar refractivity (Wildman–Crippen MR) is 96.2 cm³/mol. The summed E-state index contributed by atoms with van der Waals surface area (Å²) in [4.78, 5) is 17.2. The Hall–Kier alpha value is -2.99. The average Bonchev–Trinajstić information content (AvgIpc) is 3.08. The Bertz CT molecular complexity index is 1090. The Morgan fingerprint density at radius 3 is 2.48 bits per heavy atom. The lowest BCUT2D eigenvalue weighted by Crippen LogP contribution is -2.24. The van der Waals surface area contributed by atoms with E-state index in [2.05, 4.69) is 15.3 Å². The highest BCUT2D eigenvalue weighted by molar-refractivity contribution is 6.30. The van der Waals surface area contributed by atoms with Crippen LogP contribution >= 0.6 is 11.6 Å². The van der Waals surface area contributed by atoms with Gasteiger partial charge in [-0.1, -0.05) is 47.1 Å². The molecule has 2 aromatic heterocycles. The van der Waals surface area contributed by atoms with E-state index in [1.807, 2.05) is 37.3 Å². The lowest BCUT2D eigenvalue weighted by atomic mass is 10.1. The van der Waals surface area contributed by atoms with E-state index in [1.54, 1.807) is 28.8 Å². The highest BCUT2D eigenvalue weighted by atomic mass is 35.5. The average molecular weight is 352 g/mol. The molecule has 7 heteroatoms. The number of benzene rings is 2. The first-order valence-corrected chi connectivity index (χ1v) is 8.16. The van der Waals surface area contributed by atoms with Crippen molar-refractivity contribution in [2.45, 2.75) is 13.0 Å². The van der Waals surface area contributed by atoms with E-state index >= 15 is 0 Å². The van der Waals surface area contributed by atoms with Crippen LogP contribution in [0.15, 0.2) is 65.7 Å². The Kier molecular flexibility index (Phi) is 3.82. The van der Waals surface area contributed by atoms with E-state index in [9.17, 15) is 4.79 Å². The fourth-order valence-electron chi connectivity index (χ4n) is 2.75. The van der Waals surface area contributed by atoms with Crippen molar-refractivity contribution in [3.63, 3.8) is 0 Å². The van der Waals surface area contributed by atoms with Crippen molar-refractivity contribution in [1.29, 1.82) is 0 Å². The summed E-state index contributed by atoms with van der Waals surface area (Å²) < 4.78 is 3.10.